The fraction of sp³-hybridized carbons (Fsp3) is 0.818. The molecule has 86 valence electrons. The first kappa shape index (κ1) is 12.0. The third-order valence-electron chi connectivity index (χ3n) is 4.05. The van der Waals surface area contributed by atoms with Gasteiger partial charge < -0.3 is 14.8 Å². The number of carbonyl (C=O) groups is 2. The smallest absolute Gasteiger partial charge is 0.407 e. The molecule has 1 rings (SSSR count). The number of nitrogens with zero attached hydrogens (tertiary/aromatic N) is 1. The molecule has 15 heavy (non-hydrogen) atoms. The van der Waals surface area contributed by atoms with Gasteiger partial charge in [0.2, 0.25) is 0 Å². The van der Waals surface area contributed by atoms with Gasteiger partial charge in [0.15, 0.2) is 0 Å². The number of rotatable bonds is 2. The summed E-state index contributed by atoms with van der Waals surface area (Å²) in [5.41, 5.74) is -0.407. The highest BCUT2D eigenvalue weighted by atomic mass is 16.4. The monoisotopic (exact) mass is 213 g/mol. The topological polar surface area (TPSA) is 57.6 Å². The summed E-state index contributed by atoms with van der Waals surface area (Å²) in [6.07, 6.45) is 1.48. The van der Waals surface area contributed by atoms with E-state index in [-0.39, 0.29) is 11.8 Å². The molecule has 3 atom stereocenters. The van der Waals surface area contributed by atoms with Crippen molar-refractivity contribution in [2.24, 2.45) is 11.8 Å². The minimum atomic E-state index is -0.879. The van der Waals surface area contributed by atoms with Crippen LogP contribution in [-0.2, 0) is 4.79 Å². The van der Waals surface area contributed by atoms with Crippen molar-refractivity contribution in [1.82, 2.24) is 4.90 Å². The average Bonchev–Trinajstić information content (AvgIpc) is 2.21. The quantitative estimate of drug-likeness (QED) is 0.714. The van der Waals surface area contributed by atoms with Crippen LogP contribution in [0.2, 0.25) is 0 Å². The molecule has 0 bridgehead atoms. The molecular weight excluding hydrogens is 194 g/mol. The lowest BCUT2D eigenvalue weighted by molar-refractivity contribution is -0.117. The van der Waals surface area contributed by atoms with Crippen LogP contribution in [0.25, 0.3) is 0 Å². The molecule has 0 aromatic heterocycles. The lowest BCUT2D eigenvalue weighted by atomic mass is 9.71. The summed E-state index contributed by atoms with van der Waals surface area (Å²) in [5.74, 6) is 0.0791. The van der Waals surface area contributed by atoms with Gasteiger partial charge in [0, 0.05) is 18.0 Å². The maximum absolute atomic E-state index is 11.1. The van der Waals surface area contributed by atoms with Crippen LogP contribution in [0.3, 0.4) is 0 Å². The van der Waals surface area contributed by atoms with E-state index >= 15 is 0 Å². The van der Waals surface area contributed by atoms with Crippen LogP contribution in [0.4, 0.5) is 4.79 Å². The van der Waals surface area contributed by atoms with Crippen LogP contribution in [0.1, 0.15) is 33.6 Å². The number of hydrogen-bond acceptors (Lipinski definition) is 2. The highest BCUT2D eigenvalue weighted by Crippen LogP contribution is 2.38. The van der Waals surface area contributed by atoms with E-state index in [0.717, 1.165) is 12.7 Å². The average molecular weight is 213 g/mol. The zero-order valence-corrected chi connectivity index (χ0v) is 9.56. The van der Waals surface area contributed by atoms with Crippen molar-refractivity contribution >= 4 is 12.4 Å². The first-order chi connectivity index (χ1) is 6.97. The van der Waals surface area contributed by atoms with Crippen molar-refractivity contribution in [3.05, 3.63) is 0 Å². The molecule has 1 amide bonds. The van der Waals surface area contributed by atoms with Crippen molar-refractivity contribution < 1.29 is 14.7 Å². The Hall–Kier alpha value is -1.06. The van der Waals surface area contributed by atoms with Crippen LogP contribution in [-0.4, -0.2) is 34.5 Å². The van der Waals surface area contributed by atoms with Crippen LogP contribution >= 0.6 is 0 Å². The molecule has 1 fully saturated rings. The lowest BCUT2D eigenvalue weighted by Crippen LogP contribution is -2.59. The Bertz CT molecular complexity index is 267. The predicted octanol–water partition coefficient (Wildman–Crippen LogP) is 1.99. The third-order valence-corrected chi connectivity index (χ3v) is 4.05. The van der Waals surface area contributed by atoms with Crippen molar-refractivity contribution in [1.29, 1.82) is 0 Å². The van der Waals surface area contributed by atoms with Gasteiger partial charge in [-0.2, -0.15) is 0 Å². The molecule has 0 aromatic carbocycles. The van der Waals surface area contributed by atoms with Gasteiger partial charge in [-0.1, -0.05) is 13.8 Å². The van der Waals surface area contributed by atoms with E-state index < -0.39 is 11.6 Å². The Balaban J connectivity index is 2.97. The fourth-order valence-corrected chi connectivity index (χ4v) is 2.50. The number of carboxylic acid groups (broad SMARTS) is 1. The van der Waals surface area contributed by atoms with Gasteiger partial charge >= 0.3 is 6.09 Å². The minimum absolute atomic E-state index is 0.00875. The normalized spacial score (nSPS) is 36.3. The highest BCUT2D eigenvalue weighted by molar-refractivity contribution is 5.67. The molecule has 0 aliphatic carbocycles. The number of likely N-dealkylation sites (tertiary alicyclic amines) is 1. The van der Waals surface area contributed by atoms with E-state index in [0.29, 0.717) is 13.0 Å². The largest absolute Gasteiger partial charge is 0.465 e. The summed E-state index contributed by atoms with van der Waals surface area (Å²) in [4.78, 5) is 23.5. The second kappa shape index (κ2) is 4.21. The summed E-state index contributed by atoms with van der Waals surface area (Å²) in [6, 6.07) is 0. The number of amides is 1. The predicted molar refractivity (Wildman–Crippen MR) is 56.8 cm³/mol. The maximum atomic E-state index is 11.1. The molecule has 0 spiro atoms. The standard InChI is InChI=1S/C11H19NO3/c1-4-11(3)8(2)9(7-13)5-6-12(11)10(14)15/h7-9H,4-6H2,1-3H3,(H,14,15). The molecule has 0 saturated carbocycles. The summed E-state index contributed by atoms with van der Waals surface area (Å²) in [7, 11) is 0. The molecule has 0 aromatic rings. The van der Waals surface area contributed by atoms with E-state index in [1.807, 2.05) is 20.8 Å². The minimum Gasteiger partial charge on any atom is -0.465 e. The van der Waals surface area contributed by atoms with E-state index in [1.165, 1.54) is 4.90 Å². The SMILES string of the molecule is CCC1(C)C(C)C(C=O)CCN1C(=O)O. The first-order valence-electron chi connectivity index (χ1n) is 5.43. The van der Waals surface area contributed by atoms with Crippen molar-refractivity contribution in [2.45, 2.75) is 39.2 Å². The van der Waals surface area contributed by atoms with Crippen LogP contribution < -0.4 is 0 Å². The van der Waals surface area contributed by atoms with E-state index in [9.17, 15) is 9.59 Å². The van der Waals surface area contributed by atoms with Gasteiger partial charge in [-0.25, -0.2) is 4.79 Å². The summed E-state index contributed by atoms with van der Waals surface area (Å²) < 4.78 is 0. The molecule has 4 heteroatoms. The van der Waals surface area contributed by atoms with E-state index in [2.05, 4.69) is 0 Å². The van der Waals surface area contributed by atoms with Crippen molar-refractivity contribution in [2.75, 3.05) is 6.54 Å². The van der Waals surface area contributed by atoms with Crippen LogP contribution in [0.5, 0.6) is 0 Å². The number of aldehydes is 1. The van der Waals surface area contributed by atoms with Crippen molar-refractivity contribution in [3.63, 3.8) is 0 Å². The Morgan fingerprint density at radius 3 is 2.67 bits per heavy atom. The van der Waals surface area contributed by atoms with Gasteiger partial charge in [-0.15, -0.1) is 0 Å². The van der Waals surface area contributed by atoms with Crippen LogP contribution in [0.15, 0.2) is 0 Å². The van der Waals surface area contributed by atoms with Gasteiger partial charge in [-0.3, -0.25) is 0 Å². The summed E-state index contributed by atoms with van der Waals surface area (Å²) in [6.45, 7) is 6.34. The summed E-state index contributed by atoms with van der Waals surface area (Å²) in [5, 5.41) is 9.12. The van der Waals surface area contributed by atoms with Gasteiger partial charge in [-0.05, 0) is 25.7 Å². The molecule has 1 aliphatic heterocycles. The van der Waals surface area contributed by atoms with Crippen LogP contribution in [0, 0.1) is 11.8 Å². The molecule has 4 nitrogen and oxygen atoms in total. The highest BCUT2D eigenvalue weighted by Gasteiger charge is 2.45. The van der Waals surface area contributed by atoms with Gasteiger partial charge in [0.1, 0.15) is 6.29 Å². The summed E-state index contributed by atoms with van der Waals surface area (Å²) >= 11 is 0. The second-order valence-electron chi connectivity index (χ2n) is 4.52. The Labute approximate surface area is 90.3 Å². The fourth-order valence-electron chi connectivity index (χ4n) is 2.50. The molecular formula is C11H19NO3. The van der Waals surface area contributed by atoms with Gasteiger partial charge in [0.05, 0.1) is 0 Å². The molecule has 0 radical (unpaired) electrons. The number of carbonyl (C=O) groups excluding carboxylic acids is 1. The number of piperidine rings is 1. The number of hydrogen-bond donors (Lipinski definition) is 1. The Morgan fingerprint density at radius 2 is 2.27 bits per heavy atom. The molecule has 1 saturated heterocycles. The maximum Gasteiger partial charge on any atom is 0.407 e. The Kier molecular flexibility index (Phi) is 3.37. The third kappa shape index (κ3) is 1.85. The van der Waals surface area contributed by atoms with Gasteiger partial charge in [0.25, 0.3) is 0 Å². The molecule has 3 unspecified atom stereocenters. The zero-order valence-electron chi connectivity index (χ0n) is 9.56. The van der Waals surface area contributed by atoms with E-state index in [4.69, 9.17) is 5.11 Å². The van der Waals surface area contributed by atoms with Crippen molar-refractivity contribution in [3.8, 4) is 0 Å². The van der Waals surface area contributed by atoms with E-state index in [1.54, 1.807) is 0 Å². The lowest BCUT2D eigenvalue weighted by Gasteiger charge is -2.49. The molecule has 1 heterocycles. The molecule has 1 N–H and O–H groups in total. The molecule has 1 aliphatic rings. The first-order valence-corrected chi connectivity index (χ1v) is 5.43. The second-order valence-corrected chi connectivity index (χ2v) is 4.52. The zero-order chi connectivity index (χ0) is 11.6. The Morgan fingerprint density at radius 1 is 1.67 bits per heavy atom.